The summed E-state index contributed by atoms with van der Waals surface area (Å²) in [6.45, 7) is 3.44. The first-order valence-corrected chi connectivity index (χ1v) is 5.51. The number of rotatable bonds is 3. The van der Waals surface area contributed by atoms with Gasteiger partial charge in [-0.1, -0.05) is 0 Å². The Morgan fingerprint density at radius 2 is 2.50 bits per heavy atom. The molecule has 0 aliphatic carbocycles. The molecule has 0 spiro atoms. The fraction of sp³-hybridized carbons (Fsp3) is 0.636. The number of nitrogens with zero attached hydrogens (tertiary/aromatic N) is 3. The van der Waals surface area contributed by atoms with Crippen LogP contribution in [-0.2, 0) is 11.8 Å². The fourth-order valence-electron chi connectivity index (χ4n) is 2.01. The second-order valence-electron chi connectivity index (χ2n) is 4.06. The normalized spacial score (nSPS) is 19.7. The van der Waals surface area contributed by atoms with Crippen LogP contribution >= 0.6 is 0 Å². The number of nitrogens with one attached hydrogen (secondary N) is 1. The zero-order valence-electron chi connectivity index (χ0n) is 9.66. The van der Waals surface area contributed by atoms with Gasteiger partial charge in [-0.3, -0.25) is 4.68 Å². The van der Waals surface area contributed by atoms with Gasteiger partial charge in [-0.25, -0.2) is 0 Å². The third kappa shape index (κ3) is 2.02. The zero-order valence-corrected chi connectivity index (χ0v) is 9.66. The topological polar surface area (TPSA) is 62.9 Å². The summed E-state index contributed by atoms with van der Waals surface area (Å²) in [4.78, 5) is 0. The Morgan fingerprint density at radius 1 is 1.69 bits per heavy atom. The number of hydrogen-bond acceptors (Lipinski definition) is 4. The Hall–Kier alpha value is -1.54. The van der Waals surface area contributed by atoms with Gasteiger partial charge in [0.15, 0.2) is 0 Å². The predicted molar refractivity (Wildman–Crippen MR) is 60.1 cm³/mol. The van der Waals surface area contributed by atoms with Crippen LogP contribution in [0.4, 0.5) is 5.82 Å². The molecule has 1 aromatic rings. The van der Waals surface area contributed by atoms with E-state index < -0.39 is 0 Å². The molecule has 1 atom stereocenters. The summed E-state index contributed by atoms with van der Waals surface area (Å²) in [7, 11) is 1.84. The van der Waals surface area contributed by atoms with Gasteiger partial charge in [0, 0.05) is 20.2 Å². The van der Waals surface area contributed by atoms with Gasteiger partial charge in [0.05, 0.1) is 11.8 Å². The lowest BCUT2D eigenvalue weighted by atomic mass is 10.2. The molecule has 1 unspecified atom stereocenters. The Labute approximate surface area is 95.0 Å². The highest BCUT2D eigenvalue weighted by Crippen LogP contribution is 2.19. The number of nitriles is 1. The van der Waals surface area contributed by atoms with Crippen LogP contribution in [0.25, 0.3) is 0 Å². The van der Waals surface area contributed by atoms with E-state index in [0.717, 1.165) is 37.5 Å². The number of aryl methyl sites for hydroxylation is 2. The van der Waals surface area contributed by atoms with E-state index in [0.29, 0.717) is 5.56 Å². The van der Waals surface area contributed by atoms with E-state index in [1.165, 1.54) is 0 Å². The van der Waals surface area contributed by atoms with Crippen molar-refractivity contribution in [3.05, 3.63) is 11.3 Å². The van der Waals surface area contributed by atoms with Crippen molar-refractivity contribution < 1.29 is 4.74 Å². The first-order chi connectivity index (χ1) is 7.72. The minimum atomic E-state index is 0.266. The highest BCUT2D eigenvalue weighted by atomic mass is 16.5. The van der Waals surface area contributed by atoms with Crippen LogP contribution in [0.2, 0.25) is 0 Å². The molecule has 1 aliphatic heterocycles. The largest absolute Gasteiger partial charge is 0.376 e. The Kier molecular flexibility index (Phi) is 3.11. The third-order valence-electron chi connectivity index (χ3n) is 2.86. The van der Waals surface area contributed by atoms with Gasteiger partial charge in [-0.05, 0) is 19.8 Å². The van der Waals surface area contributed by atoms with E-state index in [4.69, 9.17) is 10.00 Å². The van der Waals surface area contributed by atoms with Crippen molar-refractivity contribution in [1.29, 1.82) is 5.26 Å². The molecule has 1 saturated heterocycles. The van der Waals surface area contributed by atoms with E-state index >= 15 is 0 Å². The molecule has 1 N–H and O–H groups in total. The molecule has 0 bridgehead atoms. The summed E-state index contributed by atoms with van der Waals surface area (Å²) in [5.74, 6) is 0.788. The van der Waals surface area contributed by atoms with Crippen molar-refractivity contribution in [3.8, 4) is 6.07 Å². The molecule has 0 saturated carbocycles. The van der Waals surface area contributed by atoms with E-state index in [2.05, 4.69) is 16.5 Å². The molecular formula is C11H16N4O. The summed E-state index contributed by atoms with van der Waals surface area (Å²) in [5.41, 5.74) is 1.39. The van der Waals surface area contributed by atoms with Crippen LogP contribution in [0.3, 0.4) is 0 Å². The second kappa shape index (κ2) is 4.54. The fourth-order valence-corrected chi connectivity index (χ4v) is 2.01. The van der Waals surface area contributed by atoms with Gasteiger partial charge in [0.2, 0.25) is 0 Å². The highest BCUT2D eigenvalue weighted by Gasteiger charge is 2.18. The molecule has 1 aromatic heterocycles. The highest BCUT2D eigenvalue weighted by molar-refractivity contribution is 5.55. The Morgan fingerprint density at radius 3 is 3.12 bits per heavy atom. The number of aromatic nitrogens is 2. The van der Waals surface area contributed by atoms with Crippen LogP contribution < -0.4 is 5.32 Å². The molecule has 0 amide bonds. The summed E-state index contributed by atoms with van der Waals surface area (Å²) < 4.78 is 7.23. The van der Waals surface area contributed by atoms with Crippen molar-refractivity contribution in [1.82, 2.24) is 9.78 Å². The van der Waals surface area contributed by atoms with Crippen molar-refractivity contribution in [2.75, 3.05) is 18.5 Å². The lowest BCUT2D eigenvalue weighted by Crippen LogP contribution is -2.20. The molecule has 16 heavy (non-hydrogen) atoms. The number of anilines is 1. The monoisotopic (exact) mass is 220 g/mol. The first-order valence-electron chi connectivity index (χ1n) is 5.51. The summed E-state index contributed by atoms with van der Waals surface area (Å²) in [6.07, 6.45) is 2.48. The molecule has 1 aliphatic rings. The van der Waals surface area contributed by atoms with Gasteiger partial charge >= 0.3 is 0 Å². The average Bonchev–Trinajstić information content (AvgIpc) is 2.83. The maximum Gasteiger partial charge on any atom is 0.142 e. The SMILES string of the molecule is Cc1nn(C)c(NCC2CCCO2)c1C#N. The van der Waals surface area contributed by atoms with Crippen LogP contribution in [-0.4, -0.2) is 29.0 Å². The number of ether oxygens (including phenoxy) is 1. The standard InChI is InChI=1S/C11H16N4O/c1-8-10(6-12)11(15(2)14-8)13-7-9-4-3-5-16-9/h9,13H,3-5,7H2,1-2H3. The second-order valence-corrected chi connectivity index (χ2v) is 4.06. The lowest BCUT2D eigenvalue weighted by Gasteiger charge is -2.12. The van der Waals surface area contributed by atoms with Crippen LogP contribution in [0.1, 0.15) is 24.1 Å². The summed E-state index contributed by atoms with van der Waals surface area (Å²) in [5, 5.41) is 16.5. The molecule has 5 heteroatoms. The predicted octanol–water partition coefficient (Wildman–Crippen LogP) is 1.19. The van der Waals surface area contributed by atoms with Gasteiger partial charge in [0.1, 0.15) is 17.5 Å². The minimum Gasteiger partial charge on any atom is -0.376 e. The summed E-state index contributed by atoms with van der Waals surface area (Å²) in [6, 6.07) is 2.17. The molecule has 86 valence electrons. The Bertz CT molecular complexity index is 412. The molecule has 0 radical (unpaired) electrons. The van der Waals surface area contributed by atoms with Gasteiger partial charge < -0.3 is 10.1 Å². The molecule has 0 aromatic carbocycles. The maximum atomic E-state index is 9.03. The van der Waals surface area contributed by atoms with Crippen LogP contribution in [0.15, 0.2) is 0 Å². The molecule has 2 rings (SSSR count). The first kappa shape index (κ1) is 11.0. The van der Waals surface area contributed by atoms with Crippen molar-refractivity contribution in [2.45, 2.75) is 25.9 Å². The van der Waals surface area contributed by atoms with Gasteiger partial charge in [0.25, 0.3) is 0 Å². The van der Waals surface area contributed by atoms with E-state index in [9.17, 15) is 0 Å². The molecule has 5 nitrogen and oxygen atoms in total. The van der Waals surface area contributed by atoms with Crippen molar-refractivity contribution in [3.63, 3.8) is 0 Å². The minimum absolute atomic E-state index is 0.266. The van der Waals surface area contributed by atoms with E-state index in [1.807, 2.05) is 14.0 Å². The molecule has 1 fully saturated rings. The van der Waals surface area contributed by atoms with E-state index in [1.54, 1.807) is 4.68 Å². The third-order valence-corrected chi connectivity index (χ3v) is 2.86. The van der Waals surface area contributed by atoms with Crippen LogP contribution in [0.5, 0.6) is 0 Å². The van der Waals surface area contributed by atoms with Crippen molar-refractivity contribution >= 4 is 5.82 Å². The lowest BCUT2D eigenvalue weighted by molar-refractivity contribution is 0.120. The van der Waals surface area contributed by atoms with Crippen molar-refractivity contribution in [2.24, 2.45) is 7.05 Å². The smallest absolute Gasteiger partial charge is 0.142 e. The summed E-state index contributed by atoms with van der Waals surface area (Å²) >= 11 is 0. The van der Waals surface area contributed by atoms with E-state index in [-0.39, 0.29) is 6.10 Å². The maximum absolute atomic E-state index is 9.03. The van der Waals surface area contributed by atoms with Gasteiger partial charge in [-0.2, -0.15) is 10.4 Å². The quantitative estimate of drug-likeness (QED) is 0.831. The Balaban J connectivity index is 2.06. The van der Waals surface area contributed by atoms with Gasteiger partial charge in [-0.15, -0.1) is 0 Å². The zero-order chi connectivity index (χ0) is 11.5. The molecular weight excluding hydrogens is 204 g/mol. The van der Waals surface area contributed by atoms with Crippen LogP contribution in [0, 0.1) is 18.3 Å². The number of hydrogen-bond donors (Lipinski definition) is 1. The average molecular weight is 220 g/mol. The molecule has 2 heterocycles.